The van der Waals surface area contributed by atoms with Crippen molar-refractivity contribution >= 4 is 12.2 Å². The standard InChI is InChI=1S/C13H20N2O2/c1-3-17-13(16)11(8-14)9-15-12-7-5-4-6-10(12)2/h9-12H,3-7H2,1-2H3/t10-,11+,12-/m1/s1. The van der Waals surface area contributed by atoms with Gasteiger partial charge in [-0.25, -0.2) is 0 Å². The van der Waals surface area contributed by atoms with Crippen molar-refractivity contribution < 1.29 is 9.53 Å². The number of nitriles is 1. The summed E-state index contributed by atoms with van der Waals surface area (Å²) in [5.74, 6) is -0.812. The second kappa shape index (κ2) is 7.05. The van der Waals surface area contributed by atoms with Gasteiger partial charge in [-0.1, -0.05) is 19.8 Å². The van der Waals surface area contributed by atoms with E-state index in [1.807, 2.05) is 6.07 Å². The molecule has 0 aromatic carbocycles. The summed E-state index contributed by atoms with van der Waals surface area (Å²) in [6, 6.07) is 2.18. The molecule has 0 N–H and O–H groups in total. The number of rotatable bonds is 4. The summed E-state index contributed by atoms with van der Waals surface area (Å²) in [4.78, 5) is 15.8. The molecule has 1 rings (SSSR count). The number of carbonyl (C=O) groups excluding carboxylic acids is 1. The number of carbonyl (C=O) groups is 1. The third-order valence-corrected chi connectivity index (χ3v) is 3.17. The normalized spacial score (nSPS) is 26.4. The van der Waals surface area contributed by atoms with Gasteiger partial charge in [0, 0.05) is 6.21 Å². The van der Waals surface area contributed by atoms with Crippen LogP contribution >= 0.6 is 0 Å². The Morgan fingerprint density at radius 2 is 2.29 bits per heavy atom. The Kier molecular flexibility index (Phi) is 5.68. The van der Waals surface area contributed by atoms with Gasteiger partial charge >= 0.3 is 5.97 Å². The second-order valence-electron chi connectivity index (χ2n) is 4.49. The molecule has 0 aliphatic heterocycles. The van der Waals surface area contributed by atoms with Gasteiger partial charge in [-0.2, -0.15) is 5.26 Å². The van der Waals surface area contributed by atoms with Crippen molar-refractivity contribution in [3.05, 3.63) is 0 Å². The Hall–Kier alpha value is -1.37. The molecule has 0 radical (unpaired) electrons. The first kappa shape index (κ1) is 13.7. The Labute approximate surface area is 103 Å². The highest BCUT2D eigenvalue weighted by atomic mass is 16.5. The van der Waals surface area contributed by atoms with Crippen molar-refractivity contribution in [1.82, 2.24) is 0 Å². The van der Waals surface area contributed by atoms with E-state index < -0.39 is 11.9 Å². The summed E-state index contributed by atoms with van der Waals surface area (Å²) in [5, 5.41) is 8.88. The van der Waals surface area contributed by atoms with Gasteiger partial charge in [0.25, 0.3) is 0 Å². The molecule has 94 valence electrons. The molecular weight excluding hydrogens is 216 g/mol. The quantitative estimate of drug-likeness (QED) is 0.556. The molecule has 1 aliphatic carbocycles. The maximum Gasteiger partial charge on any atom is 0.328 e. The SMILES string of the molecule is CCOC(=O)[C@@H](C#N)C=N[C@@H]1CCCC[C@H]1C. The maximum absolute atomic E-state index is 11.4. The zero-order valence-electron chi connectivity index (χ0n) is 10.6. The van der Waals surface area contributed by atoms with Crippen molar-refractivity contribution in [3.8, 4) is 6.07 Å². The summed E-state index contributed by atoms with van der Waals surface area (Å²) in [5.41, 5.74) is 0. The molecular formula is C13H20N2O2. The van der Waals surface area contributed by atoms with Gasteiger partial charge in [-0.05, 0) is 25.7 Å². The van der Waals surface area contributed by atoms with E-state index in [-0.39, 0.29) is 6.04 Å². The van der Waals surface area contributed by atoms with Gasteiger partial charge in [-0.15, -0.1) is 0 Å². The van der Waals surface area contributed by atoms with Gasteiger partial charge in [0.05, 0.1) is 18.7 Å². The summed E-state index contributed by atoms with van der Waals surface area (Å²) in [6.45, 7) is 4.20. The molecule has 0 amide bonds. The van der Waals surface area contributed by atoms with Crippen LogP contribution in [0.2, 0.25) is 0 Å². The van der Waals surface area contributed by atoms with Gasteiger partial charge in [0.15, 0.2) is 5.92 Å². The highest BCUT2D eigenvalue weighted by molar-refractivity contribution is 5.92. The lowest BCUT2D eigenvalue weighted by Gasteiger charge is -2.25. The Balaban J connectivity index is 2.55. The van der Waals surface area contributed by atoms with Crippen LogP contribution in [0.15, 0.2) is 4.99 Å². The molecule has 4 heteroatoms. The summed E-state index contributed by atoms with van der Waals surface area (Å²) >= 11 is 0. The Morgan fingerprint density at radius 3 is 2.88 bits per heavy atom. The topological polar surface area (TPSA) is 62.5 Å². The van der Waals surface area contributed by atoms with Crippen LogP contribution in [0.25, 0.3) is 0 Å². The largest absolute Gasteiger partial charge is 0.465 e. The summed E-state index contributed by atoms with van der Waals surface area (Å²) in [7, 11) is 0. The average molecular weight is 236 g/mol. The number of hydrogen-bond acceptors (Lipinski definition) is 4. The fourth-order valence-electron chi connectivity index (χ4n) is 2.09. The van der Waals surface area contributed by atoms with E-state index in [0.29, 0.717) is 12.5 Å². The molecule has 0 unspecified atom stereocenters. The lowest BCUT2D eigenvalue weighted by Crippen LogP contribution is -2.23. The molecule has 0 spiro atoms. The minimum Gasteiger partial charge on any atom is -0.465 e. The summed E-state index contributed by atoms with van der Waals surface area (Å²) < 4.78 is 4.81. The van der Waals surface area contributed by atoms with E-state index in [2.05, 4.69) is 11.9 Å². The zero-order valence-corrected chi connectivity index (χ0v) is 10.6. The molecule has 0 bridgehead atoms. The number of esters is 1. The van der Waals surface area contributed by atoms with Crippen LogP contribution in [-0.2, 0) is 9.53 Å². The first-order chi connectivity index (χ1) is 8.19. The lowest BCUT2D eigenvalue weighted by atomic mass is 9.86. The fourth-order valence-corrected chi connectivity index (χ4v) is 2.09. The predicted octanol–water partition coefficient (Wildman–Crippen LogP) is 2.34. The fraction of sp³-hybridized carbons (Fsp3) is 0.769. The molecule has 1 saturated carbocycles. The van der Waals surface area contributed by atoms with Crippen LogP contribution in [-0.4, -0.2) is 24.8 Å². The summed E-state index contributed by atoms with van der Waals surface area (Å²) in [6.07, 6.45) is 6.14. The minimum absolute atomic E-state index is 0.258. The van der Waals surface area contributed by atoms with Crippen LogP contribution in [0.5, 0.6) is 0 Å². The van der Waals surface area contributed by atoms with Crippen LogP contribution in [0.1, 0.15) is 39.5 Å². The molecule has 0 heterocycles. The second-order valence-corrected chi connectivity index (χ2v) is 4.49. The third kappa shape index (κ3) is 4.18. The van der Waals surface area contributed by atoms with Crippen LogP contribution in [0, 0.1) is 23.2 Å². The number of ether oxygens (including phenoxy) is 1. The maximum atomic E-state index is 11.4. The van der Waals surface area contributed by atoms with E-state index in [1.54, 1.807) is 6.92 Å². The van der Waals surface area contributed by atoms with Crippen LogP contribution in [0.4, 0.5) is 0 Å². The zero-order chi connectivity index (χ0) is 12.7. The number of aliphatic imine (C=N–C) groups is 1. The van der Waals surface area contributed by atoms with Gasteiger partial charge < -0.3 is 4.74 Å². The Morgan fingerprint density at radius 1 is 1.59 bits per heavy atom. The molecule has 0 aromatic rings. The van der Waals surface area contributed by atoms with Crippen molar-refractivity contribution in [1.29, 1.82) is 5.26 Å². The van der Waals surface area contributed by atoms with E-state index in [1.165, 1.54) is 25.5 Å². The average Bonchev–Trinajstić information content (AvgIpc) is 2.32. The molecule has 4 nitrogen and oxygen atoms in total. The first-order valence-corrected chi connectivity index (χ1v) is 6.28. The van der Waals surface area contributed by atoms with Crippen molar-refractivity contribution in [2.75, 3.05) is 6.61 Å². The van der Waals surface area contributed by atoms with Gasteiger partial charge in [-0.3, -0.25) is 9.79 Å². The number of hydrogen-bond donors (Lipinski definition) is 0. The first-order valence-electron chi connectivity index (χ1n) is 6.28. The smallest absolute Gasteiger partial charge is 0.328 e. The molecule has 1 aliphatic rings. The Bertz CT molecular complexity index is 320. The third-order valence-electron chi connectivity index (χ3n) is 3.17. The molecule has 1 fully saturated rings. The molecule has 3 atom stereocenters. The predicted molar refractivity (Wildman–Crippen MR) is 65.6 cm³/mol. The highest BCUT2D eigenvalue weighted by Crippen LogP contribution is 2.26. The van der Waals surface area contributed by atoms with E-state index in [0.717, 1.165) is 6.42 Å². The van der Waals surface area contributed by atoms with Crippen LogP contribution < -0.4 is 0 Å². The van der Waals surface area contributed by atoms with E-state index >= 15 is 0 Å². The van der Waals surface area contributed by atoms with Crippen molar-refractivity contribution in [3.63, 3.8) is 0 Å². The molecule has 0 saturated heterocycles. The van der Waals surface area contributed by atoms with Crippen LogP contribution in [0.3, 0.4) is 0 Å². The van der Waals surface area contributed by atoms with Crippen molar-refractivity contribution in [2.45, 2.75) is 45.6 Å². The minimum atomic E-state index is -0.857. The number of nitrogens with zero attached hydrogens (tertiary/aromatic N) is 2. The van der Waals surface area contributed by atoms with E-state index in [9.17, 15) is 4.79 Å². The monoisotopic (exact) mass is 236 g/mol. The lowest BCUT2D eigenvalue weighted by molar-refractivity contribution is -0.143. The highest BCUT2D eigenvalue weighted by Gasteiger charge is 2.22. The molecule has 17 heavy (non-hydrogen) atoms. The van der Waals surface area contributed by atoms with Gasteiger partial charge in [0.1, 0.15) is 0 Å². The molecule has 0 aromatic heterocycles. The van der Waals surface area contributed by atoms with Gasteiger partial charge in [0.2, 0.25) is 0 Å². The van der Waals surface area contributed by atoms with E-state index in [4.69, 9.17) is 10.00 Å². The van der Waals surface area contributed by atoms with Crippen molar-refractivity contribution in [2.24, 2.45) is 16.8 Å².